The Morgan fingerprint density at radius 2 is 1.74 bits per heavy atom. The highest BCUT2D eigenvalue weighted by Crippen LogP contribution is 2.41. The molecule has 0 radical (unpaired) electrons. The van der Waals surface area contributed by atoms with Gasteiger partial charge < -0.3 is 4.90 Å². The summed E-state index contributed by atoms with van der Waals surface area (Å²) in [6.07, 6.45) is 4.13. The third-order valence-electron chi connectivity index (χ3n) is 5.05. The second kappa shape index (κ2) is 6.86. The van der Waals surface area contributed by atoms with Crippen LogP contribution in [-0.2, 0) is 4.79 Å². The smallest absolute Gasteiger partial charge is 0.293 e. The summed E-state index contributed by atoms with van der Waals surface area (Å²) in [7, 11) is 0. The van der Waals surface area contributed by atoms with Crippen molar-refractivity contribution in [3.63, 3.8) is 0 Å². The summed E-state index contributed by atoms with van der Waals surface area (Å²) in [6, 6.07) is 6.53. The first-order valence-corrected chi connectivity index (χ1v) is 10.2. The van der Waals surface area contributed by atoms with E-state index >= 15 is 0 Å². The van der Waals surface area contributed by atoms with Crippen LogP contribution >= 0.6 is 11.8 Å². The molecule has 3 rings (SSSR count). The van der Waals surface area contributed by atoms with Gasteiger partial charge in [0.05, 0.1) is 10.4 Å². The summed E-state index contributed by atoms with van der Waals surface area (Å²) in [5.74, 6) is -0.199. The van der Waals surface area contributed by atoms with E-state index in [0.717, 1.165) is 17.3 Å². The zero-order chi connectivity index (χ0) is 20.1. The first kappa shape index (κ1) is 19.7. The van der Waals surface area contributed by atoms with Crippen LogP contribution in [0.1, 0.15) is 59.6 Å². The molecule has 1 aromatic rings. The number of carbonyl (C=O) groups is 2. The molecule has 1 saturated heterocycles. The number of rotatable bonds is 3. The normalized spacial score (nSPS) is 20.8. The second-order valence-corrected chi connectivity index (χ2v) is 9.36. The van der Waals surface area contributed by atoms with E-state index in [1.54, 1.807) is 0 Å². The number of allylic oxidation sites excluding steroid dienone is 1. The van der Waals surface area contributed by atoms with Crippen molar-refractivity contribution in [1.82, 2.24) is 4.90 Å². The van der Waals surface area contributed by atoms with Crippen LogP contribution in [0.2, 0.25) is 0 Å². The largest absolute Gasteiger partial charge is 0.360 e. The highest BCUT2D eigenvalue weighted by molar-refractivity contribution is 8.18. The molecule has 2 heterocycles. The lowest BCUT2D eigenvalue weighted by molar-refractivity contribution is -0.123. The lowest BCUT2D eigenvalue weighted by Crippen LogP contribution is -2.49. The Hall–Kier alpha value is -2.01. The Bertz CT molecular complexity index is 865. The topological polar surface area (TPSA) is 40.6 Å². The zero-order valence-corrected chi connectivity index (χ0v) is 18.0. The lowest BCUT2D eigenvalue weighted by atomic mass is 9.87. The number of anilines is 1. The molecular formula is C22H28N2O2S. The van der Waals surface area contributed by atoms with Gasteiger partial charge in [0.25, 0.3) is 11.1 Å². The molecule has 144 valence electrons. The Morgan fingerprint density at radius 1 is 1.07 bits per heavy atom. The molecule has 0 aliphatic carbocycles. The number of benzene rings is 1. The van der Waals surface area contributed by atoms with E-state index < -0.39 is 0 Å². The summed E-state index contributed by atoms with van der Waals surface area (Å²) in [5.41, 5.74) is 4.52. The summed E-state index contributed by atoms with van der Waals surface area (Å²) in [6.45, 7) is 14.7. The third-order valence-corrected chi connectivity index (χ3v) is 5.93. The number of imide groups is 1. The minimum Gasteiger partial charge on any atom is -0.360 e. The number of thioether (sulfide) groups is 1. The maximum Gasteiger partial charge on any atom is 0.293 e. The van der Waals surface area contributed by atoms with Crippen LogP contribution in [0, 0.1) is 0 Å². The molecule has 5 heteroatoms. The molecule has 2 aliphatic rings. The first-order chi connectivity index (χ1) is 12.5. The molecule has 0 N–H and O–H groups in total. The third kappa shape index (κ3) is 3.45. The quantitative estimate of drug-likeness (QED) is 0.641. The van der Waals surface area contributed by atoms with Crippen molar-refractivity contribution < 1.29 is 9.59 Å². The van der Waals surface area contributed by atoms with E-state index in [0.29, 0.717) is 10.9 Å². The summed E-state index contributed by atoms with van der Waals surface area (Å²) < 4.78 is 0. The molecule has 4 nitrogen and oxygen atoms in total. The zero-order valence-electron chi connectivity index (χ0n) is 17.2. The Balaban J connectivity index is 2.02. The van der Waals surface area contributed by atoms with Crippen molar-refractivity contribution in [2.45, 2.75) is 66.1 Å². The standard InChI is InChI=1S/C22H28N2O2S/c1-13(2)23-20(25)19(27-21(23)26)11-16-8-9-18-17(10-16)15(5)12-22(6,7)24(18)14(3)4/h8-14H,1-7H3/b19-11-. The average Bonchev–Trinajstić information content (AvgIpc) is 2.80. The van der Waals surface area contributed by atoms with Crippen LogP contribution in [0.5, 0.6) is 0 Å². The van der Waals surface area contributed by atoms with Gasteiger partial charge >= 0.3 is 0 Å². The molecule has 0 spiro atoms. The second-order valence-electron chi connectivity index (χ2n) is 8.37. The molecule has 2 amide bonds. The van der Waals surface area contributed by atoms with Crippen LogP contribution in [0.25, 0.3) is 11.6 Å². The van der Waals surface area contributed by atoms with Crippen molar-refractivity contribution in [2.75, 3.05) is 4.90 Å². The van der Waals surface area contributed by atoms with Gasteiger partial charge in [0, 0.05) is 23.3 Å². The molecule has 0 unspecified atom stereocenters. The molecule has 1 aromatic carbocycles. The number of nitrogens with zero attached hydrogens (tertiary/aromatic N) is 2. The van der Waals surface area contributed by atoms with Crippen LogP contribution in [0.4, 0.5) is 10.5 Å². The van der Waals surface area contributed by atoms with Crippen molar-refractivity contribution >= 4 is 40.2 Å². The van der Waals surface area contributed by atoms with Gasteiger partial charge in [-0.3, -0.25) is 14.5 Å². The maximum absolute atomic E-state index is 12.5. The molecule has 27 heavy (non-hydrogen) atoms. The monoisotopic (exact) mass is 384 g/mol. The summed E-state index contributed by atoms with van der Waals surface area (Å²) >= 11 is 1.02. The average molecular weight is 385 g/mol. The van der Waals surface area contributed by atoms with Gasteiger partial charge in [-0.25, -0.2) is 0 Å². The van der Waals surface area contributed by atoms with E-state index in [1.165, 1.54) is 21.7 Å². The van der Waals surface area contributed by atoms with Gasteiger partial charge in [-0.1, -0.05) is 12.1 Å². The number of carbonyl (C=O) groups excluding carboxylic acids is 2. The van der Waals surface area contributed by atoms with Gasteiger partial charge in [0.1, 0.15) is 0 Å². The Labute approximate surface area is 166 Å². The fraction of sp³-hybridized carbons (Fsp3) is 0.455. The Morgan fingerprint density at radius 3 is 2.30 bits per heavy atom. The fourth-order valence-electron chi connectivity index (χ4n) is 4.18. The van der Waals surface area contributed by atoms with E-state index in [2.05, 4.69) is 57.7 Å². The van der Waals surface area contributed by atoms with Crippen molar-refractivity contribution in [2.24, 2.45) is 0 Å². The predicted molar refractivity (Wildman–Crippen MR) is 115 cm³/mol. The minimum absolute atomic E-state index is 0.0489. The van der Waals surface area contributed by atoms with Crippen LogP contribution < -0.4 is 4.90 Å². The van der Waals surface area contributed by atoms with Crippen LogP contribution in [0.15, 0.2) is 29.2 Å². The summed E-state index contributed by atoms with van der Waals surface area (Å²) in [4.78, 5) is 28.9. The van der Waals surface area contributed by atoms with Gasteiger partial charge in [-0.15, -0.1) is 0 Å². The highest BCUT2D eigenvalue weighted by Gasteiger charge is 2.37. The predicted octanol–water partition coefficient (Wildman–Crippen LogP) is 5.54. The van der Waals surface area contributed by atoms with Crippen molar-refractivity contribution in [3.05, 3.63) is 40.3 Å². The number of hydrogen-bond donors (Lipinski definition) is 0. The lowest BCUT2D eigenvalue weighted by Gasteiger charge is -2.46. The van der Waals surface area contributed by atoms with Gasteiger partial charge in [-0.05, 0) is 89.6 Å². The molecule has 0 saturated carbocycles. The maximum atomic E-state index is 12.5. The van der Waals surface area contributed by atoms with Gasteiger partial charge in [0.15, 0.2) is 0 Å². The molecule has 0 atom stereocenters. The van der Waals surface area contributed by atoms with Crippen LogP contribution in [0.3, 0.4) is 0 Å². The van der Waals surface area contributed by atoms with E-state index in [1.807, 2.05) is 26.0 Å². The van der Waals surface area contributed by atoms with Crippen molar-refractivity contribution in [3.8, 4) is 0 Å². The van der Waals surface area contributed by atoms with Crippen molar-refractivity contribution in [1.29, 1.82) is 0 Å². The fourth-order valence-corrected chi connectivity index (χ4v) is 5.14. The Kier molecular flexibility index (Phi) is 5.02. The molecular weight excluding hydrogens is 356 g/mol. The minimum atomic E-state index is -0.199. The number of fused-ring (bicyclic) bond motifs is 1. The van der Waals surface area contributed by atoms with E-state index in [9.17, 15) is 9.59 Å². The van der Waals surface area contributed by atoms with Gasteiger partial charge in [0.2, 0.25) is 0 Å². The first-order valence-electron chi connectivity index (χ1n) is 9.43. The molecule has 1 fully saturated rings. The number of hydrogen-bond acceptors (Lipinski definition) is 4. The highest BCUT2D eigenvalue weighted by atomic mass is 32.2. The molecule has 0 bridgehead atoms. The van der Waals surface area contributed by atoms with Crippen LogP contribution in [-0.4, -0.2) is 33.7 Å². The summed E-state index contributed by atoms with van der Waals surface area (Å²) in [5, 5.41) is -0.192. The SMILES string of the molecule is CC1=CC(C)(C)N(C(C)C)c2ccc(/C=C3\SC(=O)N(C(C)C)C3=O)cc21. The molecule has 0 aromatic heterocycles. The van der Waals surface area contributed by atoms with E-state index in [-0.39, 0.29) is 22.7 Å². The van der Waals surface area contributed by atoms with Gasteiger partial charge in [-0.2, -0.15) is 0 Å². The van der Waals surface area contributed by atoms with E-state index in [4.69, 9.17) is 0 Å². The molecule has 2 aliphatic heterocycles. The number of amides is 2.